The van der Waals surface area contributed by atoms with E-state index in [0.717, 1.165) is 12.1 Å². The number of nitro groups is 1. The van der Waals surface area contributed by atoms with Gasteiger partial charge in [-0.3, -0.25) is 14.9 Å². The predicted molar refractivity (Wildman–Crippen MR) is 73.7 cm³/mol. The molecule has 0 heterocycles. The fourth-order valence-corrected chi connectivity index (χ4v) is 1.39. The average Bonchev–Trinajstić information content (AvgIpc) is 2.42. The topological polar surface area (TPSA) is 75.5 Å². The van der Waals surface area contributed by atoms with Gasteiger partial charge in [0, 0.05) is 38.3 Å². The van der Waals surface area contributed by atoms with Crippen molar-refractivity contribution in [3.05, 3.63) is 46.0 Å². The van der Waals surface area contributed by atoms with Crippen molar-refractivity contribution in [1.29, 1.82) is 0 Å². The van der Waals surface area contributed by atoms with Crippen LogP contribution in [0.1, 0.15) is 5.56 Å². The molecule has 0 saturated heterocycles. The molecule has 0 aliphatic carbocycles. The molecule has 0 aliphatic rings. The highest BCUT2D eigenvalue weighted by atomic mass is 16.6. The lowest BCUT2D eigenvalue weighted by Crippen LogP contribution is -2.31. The third kappa shape index (κ3) is 4.89. The summed E-state index contributed by atoms with van der Waals surface area (Å²) in [5, 5.41) is 13.5. The van der Waals surface area contributed by atoms with Crippen molar-refractivity contribution in [3.63, 3.8) is 0 Å². The average molecular weight is 263 g/mol. The summed E-state index contributed by atoms with van der Waals surface area (Å²) in [4.78, 5) is 23.3. The summed E-state index contributed by atoms with van der Waals surface area (Å²) < 4.78 is 0. The van der Waals surface area contributed by atoms with E-state index in [1.165, 1.54) is 18.2 Å². The summed E-state index contributed by atoms with van der Waals surface area (Å²) in [7, 11) is 3.55. The van der Waals surface area contributed by atoms with Crippen LogP contribution < -0.4 is 5.32 Å². The van der Waals surface area contributed by atoms with Gasteiger partial charge in [-0.1, -0.05) is 0 Å². The Bertz CT molecular complexity index is 469. The van der Waals surface area contributed by atoms with Gasteiger partial charge in [0.05, 0.1) is 4.92 Å². The van der Waals surface area contributed by atoms with Crippen LogP contribution in [-0.4, -0.2) is 42.9 Å². The Morgan fingerprint density at radius 2 is 2.05 bits per heavy atom. The normalized spacial score (nSPS) is 10.6. The first kappa shape index (κ1) is 14.8. The van der Waals surface area contributed by atoms with E-state index in [-0.39, 0.29) is 11.6 Å². The molecule has 0 radical (unpaired) electrons. The summed E-state index contributed by atoms with van der Waals surface area (Å²) in [6.07, 6.45) is 3.10. The number of carbonyl (C=O) groups excluding carboxylic acids is 1. The van der Waals surface area contributed by atoms with E-state index in [1.54, 1.807) is 30.2 Å². The molecule has 0 saturated carbocycles. The molecule has 0 unspecified atom stereocenters. The number of amides is 1. The fourth-order valence-electron chi connectivity index (χ4n) is 1.39. The molecule has 0 aliphatic heterocycles. The molecule has 1 N–H and O–H groups in total. The van der Waals surface area contributed by atoms with E-state index in [9.17, 15) is 14.9 Å². The first-order valence-electron chi connectivity index (χ1n) is 5.87. The van der Waals surface area contributed by atoms with Crippen molar-refractivity contribution in [3.8, 4) is 0 Å². The second-order valence-corrected chi connectivity index (χ2v) is 4.05. The zero-order chi connectivity index (χ0) is 14.3. The highest BCUT2D eigenvalue weighted by Crippen LogP contribution is 2.12. The van der Waals surface area contributed by atoms with Crippen LogP contribution in [0.5, 0.6) is 0 Å². The molecule has 102 valence electrons. The van der Waals surface area contributed by atoms with Gasteiger partial charge < -0.3 is 10.2 Å². The standard InChI is InChI=1S/C13H17N3O3/c1-14-9-10-15(2)13(17)8-5-11-3-6-12(7-4-11)16(18)19/h3-8,14H,9-10H2,1-2H3. The molecule has 6 heteroatoms. The highest BCUT2D eigenvalue weighted by Gasteiger charge is 2.04. The minimum Gasteiger partial charge on any atom is -0.341 e. The summed E-state index contributed by atoms with van der Waals surface area (Å²) in [5.41, 5.74) is 0.788. The van der Waals surface area contributed by atoms with Gasteiger partial charge >= 0.3 is 0 Å². The molecule has 0 aromatic heterocycles. The van der Waals surface area contributed by atoms with Gasteiger partial charge in [-0.05, 0) is 30.8 Å². The summed E-state index contributed by atoms with van der Waals surface area (Å²) in [6, 6.07) is 6.04. The van der Waals surface area contributed by atoms with E-state index in [1.807, 2.05) is 7.05 Å². The van der Waals surface area contributed by atoms with Gasteiger partial charge in [-0.2, -0.15) is 0 Å². The number of hydrogen-bond acceptors (Lipinski definition) is 4. The molecule has 1 aromatic carbocycles. The molecule has 1 amide bonds. The Labute approximate surface area is 111 Å². The maximum Gasteiger partial charge on any atom is 0.269 e. The van der Waals surface area contributed by atoms with Crippen molar-refractivity contribution >= 4 is 17.7 Å². The van der Waals surface area contributed by atoms with Gasteiger partial charge in [-0.25, -0.2) is 0 Å². The van der Waals surface area contributed by atoms with Gasteiger partial charge in [0.25, 0.3) is 5.69 Å². The van der Waals surface area contributed by atoms with E-state index < -0.39 is 4.92 Å². The van der Waals surface area contributed by atoms with E-state index in [4.69, 9.17) is 0 Å². The number of hydrogen-bond donors (Lipinski definition) is 1. The van der Waals surface area contributed by atoms with Crippen LogP contribution in [0.3, 0.4) is 0 Å². The fraction of sp³-hybridized carbons (Fsp3) is 0.308. The molecule has 6 nitrogen and oxygen atoms in total. The lowest BCUT2D eigenvalue weighted by atomic mass is 10.2. The molecule has 0 spiro atoms. The summed E-state index contributed by atoms with van der Waals surface area (Å²) in [5.74, 6) is -0.103. The van der Waals surface area contributed by atoms with Gasteiger partial charge in [0.15, 0.2) is 0 Å². The number of likely N-dealkylation sites (N-methyl/N-ethyl adjacent to an activating group) is 2. The Kier molecular flexibility index (Phi) is 5.69. The molecule has 0 atom stereocenters. The third-order valence-corrected chi connectivity index (χ3v) is 2.60. The van der Waals surface area contributed by atoms with Crippen LogP contribution in [-0.2, 0) is 4.79 Å². The molecule has 0 fully saturated rings. The van der Waals surface area contributed by atoms with Crippen LogP contribution in [0, 0.1) is 10.1 Å². The number of nitrogens with one attached hydrogen (secondary N) is 1. The van der Waals surface area contributed by atoms with E-state index in [2.05, 4.69) is 5.32 Å². The zero-order valence-electron chi connectivity index (χ0n) is 11.0. The number of nitrogens with zero attached hydrogens (tertiary/aromatic N) is 2. The first-order chi connectivity index (χ1) is 9.04. The second kappa shape index (κ2) is 7.27. The third-order valence-electron chi connectivity index (χ3n) is 2.60. The minimum absolute atomic E-state index is 0.0367. The maximum absolute atomic E-state index is 11.7. The quantitative estimate of drug-likeness (QED) is 0.476. The van der Waals surface area contributed by atoms with E-state index >= 15 is 0 Å². The lowest BCUT2D eigenvalue weighted by molar-refractivity contribution is -0.384. The Balaban J connectivity index is 2.60. The number of non-ortho nitro benzene ring substituents is 1. The predicted octanol–water partition coefficient (Wildman–Crippen LogP) is 1.29. The van der Waals surface area contributed by atoms with Gasteiger partial charge in [-0.15, -0.1) is 0 Å². The molecule has 1 aromatic rings. The van der Waals surface area contributed by atoms with Crippen LogP contribution in [0.25, 0.3) is 6.08 Å². The van der Waals surface area contributed by atoms with Crippen LogP contribution in [0.2, 0.25) is 0 Å². The van der Waals surface area contributed by atoms with Crippen molar-refractivity contribution in [2.45, 2.75) is 0 Å². The number of nitro benzene ring substituents is 1. The van der Waals surface area contributed by atoms with Gasteiger partial charge in [0.2, 0.25) is 5.91 Å². The lowest BCUT2D eigenvalue weighted by Gasteiger charge is -2.14. The molecular formula is C13H17N3O3. The Morgan fingerprint density at radius 1 is 1.42 bits per heavy atom. The second-order valence-electron chi connectivity index (χ2n) is 4.05. The Morgan fingerprint density at radius 3 is 2.58 bits per heavy atom. The zero-order valence-corrected chi connectivity index (χ0v) is 11.0. The highest BCUT2D eigenvalue weighted by molar-refractivity contribution is 5.91. The minimum atomic E-state index is -0.454. The van der Waals surface area contributed by atoms with Crippen molar-refractivity contribution in [1.82, 2.24) is 10.2 Å². The van der Waals surface area contributed by atoms with E-state index in [0.29, 0.717) is 6.54 Å². The summed E-state index contributed by atoms with van der Waals surface area (Å²) in [6.45, 7) is 1.35. The molecule has 1 rings (SSSR count). The smallest absolute Gasteiger partial charge is 0.269 e. The first-order valence-corrected chi connectivity index (χ1v) is 5.87. The maximum atomic E-state index is 11.7. The number of carbonyl (C=O) groups is 1. The van der Waals surface area contributed by atoms with Gasteiger partial charge in [0.1, 0.15) is 0 Å². The van der Waals surface area contributed by atoms with Crippen molar-refractivity contribution < 1.29 is 9.72 Å². The monoisotopic (exact) mass is 263 g/mol. The van der Waals surface area contributed by atoms with Crippen LogP contribution >= 0.6 is 0 Å². The largest absolute Gasteiger partial charge is 0.341 e. The number of benzene rings is 1. The molecule has 0 bridgehead atoms. The van der Waals surface area contributed by atoms with Crippen molar-refractivity contribution in [2.75, 3.05) is 27.2 Å². The number of rotatable bonds is 6. The summed E-state index contributed by atoms with van der Waals surface area (Å²) >= 11 is 0. The Hall–Kier alpha value is -2.21. The van der Waals surface area contributed by atoms with Crippen molar-refractivity contribution in [2.24, 2.45) is 0 Å². The molecular weight excluding hydrogens is 246 g/mol. The molecule has 19 heavy (non-hydrogen) atoms. The van der Waals surface area contributed by atoms with Crippen LogP contribution in [0.15, 0.2) is 30.3 Å². The SMILES string of the molecule is CNCCN(C)C(=O)C=Cc1ccc([N+](=O)[O-])cc1. The van der Waals surface area contributed by atoms with Crippen LogP contribution in [0.4, 0.5) is 5.69 Å².